The summed E-state index contributed by atoms with van der Waals surface area (Å²) in [4.78, 5) is 22.5. The van der Waals surface area contributed by atoms with Gasteiger partial charge in [-0.05, 0) is 51.4 Å². The van der Waals surface area contributed by atoms with Crippen molar-refractivity contribution in [1.82, 2.24) is 0 Å². The van der Waals surface area contributed by atoms with Crippen LogP contribution in [-0.2, 0) is 27.9 Å². The number of hydrogen-bond donors (Lipinski definition) is 2. The Morgan fingerprint density at radius 2 is 0.964 bits per heavy atom. The van der Waals surface area contributed by atoms with Crippen molar-refractivity contribution in [3.05, 3.63) is 36.5 Å². The van der Waals surface area contributed by atoms with Gasteiger partial charge in [-0.15, -0.1) is 0 Å². The molecule has 324 valence electrons. The minimum Gasteiger partial charge on any atom is -0.457 e. The normalized spacial score (nSPS) is 13.7. The molecule has 0 fully saturated rings. The maximum atomic E-state index is 12.6. The first-order valence-corrected chi connectivity index (χ1v) is 24.5. The minimum absolute atomic E-state index is 0.0967. The Morgan fingerprint density at radius 3 is 1.44 bits per heavy atom. The second-order valence-electron chi connectivity index (χ2n) is 15.3. The van der Waals surface area contributed by atoms with Gasteiger partial charge in [0.1, 0.15) is 6.10 Å². The molecule has 0 heterocycles. The van der Waals surface area contributed by atoms with Crippen LogP contribution in [-0.4, -0.2) is 49.9 Å². The molecule has 2 atom stereocenters. The number of rotatable bonds is 44. The molecule has 0 spiro atoms. The lowest BCUT2D eigenvalue weighted by molar-refractivity contribution is -0.154. The van der Waals surface area contributed by atoms with Gasteiger partial charge >= 0.3 is 13.8 Å². The minimum atomic E-state index is -4.28. The van der Waals surface area contributed by atoms with Crippen LogP contribution in [0.3, 0.4) is 0 Å². The number of unbranched alkanes of at least 4 members (excludes halogenated alkanes) is 25. The Labute approximate surface area is 339 Å². The fraction of sp³-hybridized carbons (Fsp3) is 0.848. The summed E-state index contributed by atoms with van der Waals surface area (Å²) in [5.74, 6) is -0.332. The van der Waals surface area contributed by atoms with Crippen molar-refractivity contribution in [3.8, 4) is 0 Å². The molecule has 8 nitrogen and oxygen atoms in total. The molecule has 0 radical (unpaired) electrons. The van der Waals surface area contributed by atoms with Crippen molar-refractivity contribution in [2.75, 3.05) is 33.0 Å². The zero-order chi connectivity index (χ0) is 40.2. The molecule has 0 saturated carbocycles. The second-order valence-corrected chi connectivity index (χ2v) is 16.7. The Kier molecular flexibility index (Phi) is 42.8. The fourth-order valence-electron chi connectivity index (χ4n) is 6.42. The van der Waals surface area contributed by atoms with Gasteiger partial charge in [0.2, 0.25) is 0 Å². The summed E-state index contributed by atoms with van der Waals surface area (Å²) < 4.78 is 33.5. The maximum Gasteiger partial charge on any atom is 0.472 e. The van der Waals surface area contributed by atoms with Gasteiger partial charge in [-0.1, -0.05) is 192 Å². The third-order valence-electron chi connectivity index (χ3n) is 9.81. The first-order valence-electron chi connectivity index (χ1n) is 23.0. The lowest BCUT2D eigenvalue weighted by atomic mass is 10.0. The number of carbonyl (C=O) groups is 1. The van der Waals surface area contributed by atoms with Gasteiger partial charge in [0.15, 0.2) is 0 Å². The van der Waals surface area contributed by atoms with Crippen LogP contribution in [0.1, 0.15) is 213 Å². The van der Waals surface area contributed by atoms with Crippen LogP contribution in [0.5, 0.6) is 0 Å². The highest BCUT2D eigenvalue weighted by Crippen LogP contribution is 2.43. The van der Waals surface area contributed by atoms with E-state index in [1.165, 1.54) is 141 Å². The third-order valence-corrected chi connectivity index (χ3v) is 10.8. The SMILES string of the molecule is CCCCCCC/C=C\C/C=C\C/C=C\CCCCCCCCCOCC(COP(=O)(O)OCCN)OC(=O)CCCCCCCCCCCCCCCC. The van der Waals surface area contributed by atoms with E-state index in [1.54, 1.807) is 0 Å². The average Bonchev–Trinajstić information content (AvgIpc) is 3.17. The van der Waals surface area contributed by atoms with Gasteiger partial charge in [0, 0.05) is 19.6 Å². The van der Waals surface area contributed by atoms with Crippen LogP contribution in [0.25, 0.3) is 0 Å². The third kappa shape index (κ3) is 43.7. The Balaban J connectivity index is 3.99. The van der Waals surface area contributed by atoms with E-state index in [-0.39, 0.29) is 32.3 Å². The van der Waals surface area contributed by atoms with E-state index in [0.717, 1.165) is 51.4 Å². The van der Waals surface area contributed by atoms with Crippen LogP contribution >= 0.6 is 7.82 Å². The molecule has 0 aromatic carbocycles. The fourth-order valence-corrected chi connectivity index (χ4v) is 7.18. The number of hydrogen-bond acceptors (Lipinski definition) is 7. The van der Waals surface area contributed by atoms with E-state index >= 15 is 0 Å². The average molecular weight is 798 g/mol. The molecule has 9 heteroatoms. The van der Waals surface area contributed by atoms with E-state index in [9.17, 15) is 14.3 Å². The first-order chi connectivity index (χ1) is 26.9. The number of carbonyl (C=O) groups excluding carboxylic acids is 1. The number of nitrogens with two attached hydrogens (primary N) is 1. The summed E-state index contributed by atoms with van der Waals surface area (Å²) in [5.41, 5.74) is 5.37. The van der Waals surface area contributed by atoms with E-state index < -0.39 is 13.9 Å². The quantitative estimate of drug-likeness (QED) is 0.0271. The van der Waals surface area contributed by atoms with Crippen LogP contribution in [0.15, 0.2) is 36.5 Å². The van der Waals surface area contributed by atoms with Gasteiger partial charge < -0.3 is 20.1 Å². The first kappa shape index (κ1) is 53.7. The smallest absolute Gasteiger partial charge is 0.457 e. The van der Waals surface area contributed by atoms with Crippen LogP contribution in [0.2, 0.25) is 0 Å². The highest BCUT2D eigenvalue weighted by atomic mass is 31.2. The highest BCUT2D eigenvalue weighted by Gasteiger charge is 2.25. The Bertz CT molecular complexity index is 941. The van der Waals surface area contributed by atoms with Crippen molar-refractivity contribution in [1.29, 1.82) is 0 Å². The lowest BCUT2D eigenvalue weighted by Crippen LogP contribution is -2.28. The number of phosphoric acid groups is 1. The van der Waals surface area contributed by atoms with Crippen molar-refractivity contribution >= 4 is 13.8 Å². The molecule has 3 N–H and O–H groups in total. The standard InChI is InChI=1S/C46H88NO7P/c1-3-5-7-9-11-13-15-17-19-20-21-22-23-24-25-26-28-30-32-34-36-38-41-51-43-45(44-53-55(49,50)52-42-40-47)54-46(48)39-37-35-33-31-29-27-18-16-14-12-10-8-6-4-2/h15,17,20-21,23-24,45H,3-14,16,18-19,22,25-44,47H2,1-2H3,(H,49,50)/b17-15-,21-20-,24-23-. The zero-order valence-electron chi connectivity index (χ0n) is 35.9. The Hall–Kier alpha value is -1.28. The number of phosphoric ester groups is 1. The van der Waals surface area contributed by atoms with E-state index in [2.05, 4.69) is 50.3 Å². The maximum absolute atomic E-state index is 12.6. The molecule has 0 aromatic heterocycles. The molecule has 0 bridgehead atoms. The van der Waals surface area contributed by atoms with Crippen molar-refractivity contribution in [2.45, 2.75) is 219 Å². The van der Waals surface area contributed by atoms with Crippen molar-refractivity contribution in [3.63, 3.8) is 0 Å². The highest BCUT2D eigenvalue weighted by molar-refractivity contribution is 7.47. The number of esters is 1. The molecule has 2 unspecified atom stereocenters. The molecule has 0 rings (SSSR count). The van der Waals surface area contributed by atoms with Gasteiger partial charge in [-0.25, -0.2) is 4.57 Å². The number of ether oxygens (including phenoxy) is 2. The molecule has 0 aliphatic carbocycles. The van der Waals surface area contributed by atoms with Crippen molar-refractivity contribution in [2.24, 2.45) is 5.73 Å². The molecule has 0 aromatic rings. The van der Waals surface area contributed by atoms with Crippen molar-refractivity contribution < 1.29 is 32.8 Å². The predicted molar refractivity (Wildman–Crippen MR) is 233 cm³/mol. The number of allylic oxidation sites excluding steroid dienone is 6. The second kappa shape index (κ2) is 43.8. The monoisotopic (exact) mass is 798 g/mol. The topological polar surface area (TPSA) is 117 Å². The largest absolute Gasteiger partial charge is 0.472 e. The summed E-state index contributed by atoms with van der Waals surface area (Å²) >= 11 is 0. The predicted octanol–water partition coefficient (Wildman–Crippen LogP) is 13.8. The summed E-state index contributed by atoms with van der Waals surface area (Å²) in [5, 5.41) is 0. The van der Waals surface area contributed by atoms with E-state index in [4.69, 9.17) is 24.3 Å². The van der Waals surface area contributed by atoms with E-state index in [1.807, 2.05) is 0 Å². The summed E-state index contributed by atoms with van der Waals surface area (Å²) in [6, 6.07) is 0. The van der Waals surface area contributed by atoms with Crippen LogP contribution in [0.4, 0.5) is 0 Å². The van der Waals surface area contributed by atoms with Crippen LogP contribution < -0.4 is 5.73 Å². The van der Waals surface area contributed by atoms with Gasteiger partial charge in [0.05, 0.1) is 19.8 Å². The van der Waals surface area contributed by atoms with Gasteiger partial charge in [-0.2, -0.15) is 0 Å². The summed E-state index contributed by atoms with van der Waals surface area (Å²) in [7, 11) is -4.28. The lowest BCUT2D eigenvalue weighted by Gasteiger charge is -2.20. The molecule has 0 aliphatic heterocycles. The molecular formula is C46H88NO7P. The summed E-state index contributed by atoms with van der Waals surface area (Å²) in [6.07, 6.45) is 50.2. The van der Waals surface area contributed by atoms with Crippen LogP contribution in [0, 0.1) is 0 Å². The molecule has 0 aliphatic rings. The van der Waals surface area contributed by atoms with E-state index in [0.29, 0.717) is 13.0 Å². The Morgan fingerprint density at radius 1 is 0.545 bits per heavy atom. The molecule has 0 saturated heterocycles. The molecule has 0 amide bonds. The summed E-state index contributed by atoms with van der Waals surface area (Å²) in [6.45, 7) is 4.91. The zero-order valence-corrected chi connectivity index (χ0v) is 36.8. The molecular weight excluding hydrogens is 709 g/mol. The molecule has 55 heavy (non-hydrogen) atoms. The van der Waals surface area contributed by atoms with Gasteiger partial charge in [0.25, 0.3) is 0 Å². The van der Waals surface area contributed by atoms with Gasteiger partial charge in [-0.3, -0.25) is 13.8 Å².